The summed E-state index contributed by atoms with van der Waals surface area (Å²) in [5.74, 6) is -0.402. The van der Waals surface area contributed by atoms with Crippen LogP contribution in [0.4, 0.5) is 0 Å². The largest absolute Gasteiger partial charge is 0.465 e. The molecule has 1 N–H and O–H groups in total. The van der Waals surface area contributed by atoms with Crippen molar-refractivity contribution < 1.29 is 14.3 Å². The highest BCUT2D eigenvalue weighted by molar-refractivity contribution is 5.96. The number of amides is 1. The number of carbonyl (C=O) groups excluding carboxylic acids is 2. The molecule has 2 aliphatic rings. The van der Waals surface area contributed by atoms with Gasteiger partial charge in [0.15, 0.2) is 0 Å². The average Bonchev–Trinajstić information content (AvgIpc) is 3.21. The van der Waals surface area contributed by atoms with E-state index in [0.717, 1.165) is 25.9 Å². The van der Waals surface area contributed by atoms with E-state index >= 15 is 0 Å². The molecule has 22 heavy (non-hydrogen) atoms. The molecule has 120 valence electrons. The molecule has 0 radical (unpaired) electrons. The maximum absolute atomic E-state index is 12.7. The Kier molecular flexibility index (Phi) is 5.42. The van der Waals surface area contributed by atoms with E-state index in [1.165, 1.54) is 11.1 Å². The van der Waals surface area contributed by atoms with Gasteiger partial charge in [-0.15, -0.1) is 12.4 Å². The molecular formula is C16H21ClN2O3. The van der Waals surface area contributed by atoms with Gasteiger partial charge in [0.25, 0.3) is 5.91 Å². The van der Waals surface area contributed by atoms with Crippen LogP contribution in [0.3, 0.4) is 0 Å². The number of esters is 1. The molecule has 0 spiro atoms. The van der Waals surface area contributed by atoms with Crippen molar-refractivity contribution in [3.05, 3.63) is 34.9 Å². The van der Waals surface area contributed by atoms with Gasteiger partial charge < -0.3 is 15.0 Å². The van der Waals surface area contributed by atoms with Crippen LogP contribution < -0.4 is 5.32 Å². The van der Waals surface area contributed by atoms with Crippen molar-refractivity contribution in [3.8, 4) is 0 Å². The molecule has 0 aromatic heterocycles. The van der Waals surface area contributed by atoms with Crippen molar-refractivity contribution >= 4 is 24.3 Å². The van der Waals surface area contributed by atoms with Crippen LogP contribution >= 0.6 is 12.4 Å². The molecule has 0 saturated heterocycles. The number of benzene rings is 1. The Morgan fingerprint density at radius 2 is 2.00 bits per heavy atom. The molecule has 0 atom stereocenters. The standard InChI is InChI=1S/C16H20N2O3.ClH/c1-2-21-15(19)10-18(14-5-6-14)16(20)11-3-4-12-8-17-9-13(12)7-11;/h3-4,7,14,17H,2,5-6,8-10H2,1H3;1H. The van der Waals surface area contributed by atoms with Crippen molar-refractivity contribution in [1.82, 2.24) is 10.2 Å². The van der Waals surface area contributed by atoms with Gasteiger partial charge in [-0.3, -0.25) is 9.59 Å². The summed E-state index contributed by atoms with van der Waals surface area (Å²) in [6.45, 7) is 3.83. The number of nitrogens with zero attached hydrogens (tertiary/aromatic N) is 1. The Hall–Kier alpha value is -1.59. The van der Waals surface area contributed by atoms with Gasteiger partial charge in [0.1, 0.15) is 6.54 Å². The first-order chi connectivity index (χ1) is 10.2. The fraction of sp³-hybridized carbons (Fsp3) is 0.500. The van der Waals surface area contributed by atoms with Gasteiger partial charge in [0.2, 0.25) is 0 Å². The molecule has 1 saturated carbocycles. The molecular weight excluding hydrogens is 304 g/mol. The third kappa shape index (κ3) is 3.59. The topological polar surface area (TPSA) is 58.6 Å². The minimum Gasteiger partial charge on any atom is -0.465 e. The molecule has 1 heterocycles. The number of hydrogen-bond donors (Lipinski definition) is 1. The number of ether oxygens (including phenoxy) is 1. The molecule has 1 aliphatic carbocycles. The van der Waals surface area contributed by atoms with E-state index in [4.69, 9.17) is 4.74 Å². The molecule has 1 amide bonds. The van der Waals surface area contributed by atoms with Gasteiger partial charge in [0, 0.05) is 24.7 Å². The zero-order chi connectivity index (χ0) is 14.8. The molecule has 5 nitrogen and oxygen atoms in total. The Morgan fingerprint density at radius 1 is 1.27 bits per heavy atom. The van der Waals surface area contributed by atoms with Crippen molar-refractivity contribution in [2.75, 3.05) is 13.2 Å². The number of carbonyl (C=O) groups is 2. The van der Waals surface area contributed by atoms with E-state index < -0.39 is 0 Å². The molecule has 1 fully saturated rings. The highest BCUT2D eigenvalue weighted by atomic mass is 35.5. The van der Waals surface area contributed by atoms with Gasteiger partial charge in [-0.05, 0) is 43.0 Å². The fourth-order valence-electron chi connectivity index (χ4n) is 2.69. The molecule has 3 rings (SSSR count). The number of hydrogen-bond acceptors (Lipinski definition) is 4. The van der Waals surface area contributed by atoms with Crippen LogP contribution in [-0.2, 0) is 22.6 Å². The van der Waals surface area contributed by atoms with Crippen LogP contribution in [0.2, 0.25) is 0 Å². The first-order valence-electron chi connectivity index (χ1n) is 7.48. The van der Waals surface area contributed by atoms with Gasteiger partial charge in [-0.1, -0.05) is 6.07 Å². The quantitative estimate of drug-likeness (QED) is 0.840. The zero-order valence-corrected chi connectivity index (χ0v) is 13.4. The van der Waals surface area contributed by atoms with Crippen LogP contribution in [0.15, 0.2) is 18.2 Å². The summed E-state index contributed by atoms with van der Waals surface area (Å²) >= 11 is 0. The van der Waals surface area contributed by atoms with Gasteiger partial charge in [-0.25, -0.2) is 0 Å². The lowest BCUT2D eigenvalue weighted by atomic mass is 10.1. The lowest BCUT2D eigenvalue weighted by Crippen LogP contribution is -2.38. The number of nitrogens with one attached hydrogen (secondary N) is 1. The maximum Gasteiger partial charge on any atom is 0.325 e. The van der Waals surface area contributed by atoms with E-state index in [9.17, 15) is 9.59 Å². The first kappa shape index (κ1) is 16.8. The van der Waals surface area contributed by atoms with Crippen molar-refractivity contribution in [2.45, 2.75) is 38.9 Å². The highest BCUT2D eigenvalue weighted by Crippen LogP contribution is 2.29. The van der Waals surface area contributed by atoms with Crippen LogP contribution in [0, 0.1) is 0 Å². The average molecular weight is 325 g/mol. The lowest BCUT2D eigenvalue weighted by Gasteiger charge is -2.21. The Bertz CT molecular complexity index is 573. The second-order valence-electron chi connectivity index (χ2n) is 5.56. The molecule has 0 bridgehead atoms. The first-order valence-corrected chi connectivity index (χ1v) is 7.48. The number of rotatable bonds is 5. The van der Waals surface area contributed by atoms with Gasteiger partial charge in [0.05, 0.1) is 6.61 Å². The predicted molar refractivity (Wildman–Crippen MR) is 84.9 cm³/mol. The monoisotopic (exact) mass is 324 g/mol. The summed E-state index contributed by atoms with van der Waals surface area (Å²) in [6, 6.07) is 5.98. The van der Waals surface area contributed by atoms with Crippen molar-refractivity contribution in [3.63, 3.8) is 0 Å². The third-order valence-corrected chi connectivity index (χ3v) is 3.94. The summed E-state index contributed by atoms with van der Waals surface area (Å²) in [5.41, 5.74) is 3.08. The van der Waals surface area contributed by atoms with Gasteiger partial charge >= 0.3 is 5.97 Å². The summed E-state index contributed by atoms with van der Waals surface area (Å²) < 4.78 is 4.97. The van der Waals surface area contributed by atoms with E-state index in [1.54, 1.807) is 11.8 Å². The van der Waals surface area contributed by atoms with Crippen LogP contribution in [0.1, 0.15) is 41.3 Å². The minimum atomic E-state index is -0.333. The fourth-order valence-corrected chi connectivity index (χ4v) is 2.69. The molecule has 0 unspecified atom stereocenters. The minimum absolute atomic E-state index is 0. The van der Waals surface area contributed by atoms with E-state index in [-0.39, 0.29) is 36.9 Å². The normalized spacial score (nSPS) is 15.7. The second-order valence-corrected chi connectivity index (χ2v) is 5.56. The molecule has 6 heteroatoms. The van der Waals surface area contributed by atoms with E-state index in [2.05, 4.69) is 5.32 Å². The number of fused-ring (bicyclic) bond motifs is 1. The number of halogens is 1. The lowest BCUT2D eigenvalue weighted by molar-refractivity contribution is -0.144. The molecule has 1 aliphatic heterocycles. The third-order valence-electron chi connectivity index (χ3n) is 3.94. The van der Waals surface area contributed by atoms with Crippen LogP contribution in [-0.4, -0.2) is 36.0 Å². The van der Waals surface area contributed by atoms with E-state index in [0.29, 0.717) is 12.2 Å². The Balaban J connectivity index is 0.00000176. The molecule has 1 aromatic carbocycles. The maximum atomic E-state index is 12.7. The summed E-state index contributed by atoms with van der Waals surface area (Å²) in [5, 5.41) is 3.27. The van der Waals surface area contributed by atoms with Crippen molar-refractivity contribution in [1.29, 1.82) is 0 Å². The van der Waals surface area contributed by atoms with E-state index in [1.807, 2.05) is 18.2 Å². The molecule has 1 aromatic rings. The summed E-state index contributed by atoms with van der Waals surface area (Å²) in [4.78, 5) is 26.0. The SMILES string of the molecule is CCOC(=O)CN(C(=O)c1ccc2c(c1)CNC2)C1CC1.Cl. The van der Waals surface area contributed by atoms with Crippen molar-refractivity contribution in [2.24, 2.45) is 0 Å². The summed E-state index contributed by atoms with van der Waals surface area (Å²) in [6.07, 6.45) is 1.94. The second kappa shape index (κ2) is 7.11. The smallest absolute Gasteiger partial charge is 0.325 e. The highest BCUT2D eigenvalue weighted by Gasteiger charge is 2.34. The zero-order valence-electron chi connectivity index (χ0n) is 12.6. The van der Waals surface area contributed by atoms with Gasteiger partial charge in [-0.2, -0.15) is 0 Å². The van der Waals surface area contributed by atoms with Crippen LogP contribution in [0.5, 0.6) is 0 Å². The Morgan fingerprint density at radius 3 is 2.68 bits per heavy atom. The predicted octanol–water partition coefficient (Wildman–Crippen LogP) is 1.88. The summed E-state index contributed by atoms with van der Waals surface area (Å²) in [7, 11) is 0. The Labute approximate surface area is 136 Å². The van der Waals surface area contributed by atoms with Crippen LogP contribution in [0.25, 0.3) is 0 Å².